The smallest absolute Gasteiger partial charge is 0.464 e. The molecule has 0 amide bonds. The molecule has 6 nitrogen and oxygen atoms in total. The van der Waals surface area contributed by atoms with Gasteiger partial charge < -0.3 is 14.0 Å². The number of rotatable bonds is 3. The van der Waals surface area contributed by atoms with Crippen LogP contribution >= 0.6 is 0 Å². The van der Waals surface area contributed by atoms with Gasteiger partial charge >= 0.3 is 13.1 Å². The second-order valence-corrected chi connectivity index (χ2v) is 8.61. The summed E-state index contributed by atoms with van der Waals surface area (Å²) in [5.74, 6) is -0.447. The van der Waals surface area contributed by atoms with Crippen LogP contribution in [0.4, 0.5) is 0 Å². The van der Waals surface area contributed by atoms with Gasteiger partial charge in [-0.05, 0) is 68.6 Å². The highest BCUT2D eigenvalue weighted by Gasteiger charge is 2.52. The van der Waals surface area contributed by atoms with Crippen LogP contribution in [0.25, 0.3) is 22.0 Å². The molecule has 30 heavy (non-hydrogen) atoms. The maximum atomic E-state index is 11.8. The molecular formula is C23H25BN2O4. The van der Waals surface area contributed by atoms with E-state index in [4.69, 9.17) is 14.0 Å². The predicted molar refractivity (Wildman–Crippen MR) is 117 cm³/mol. The highest BCUT2D eigenvalue weighted by atomic mass is 16.7. The van der Waals surface area contributed by atoms with Crippen LogP contribution in [-0.4, -0.2) is 41.4 Å². The van der Waals surface area contributed by atoms with Gasteiger partial charge in [0, 0.05) is 18.0 Å². The van der Waals surface area contributed by atoms with E-state index in [1.165, 1.54) is 7.11 Å². The first-order valence-electron chi connectivity index (χ1n) is 9.92. The van der Waals surface area contributed by atoms with Gasteiger partial charge in [-0.2, -0.15) is 0 Å². The number of pyridine rings is 2. The zero-order chi connectivity index (χ0) is 21.7. The van der Waals surface area contributed by atoms with E-state index in [0.29, 0.717) is 5.69 Å². The molecule has 0 aliphatic carbocycles. The Morgan fingerprint density at radius 3 is 2.37 bits per heavy atom. The number of benzene rings is 1. The number of carbonyl (C=O) groups excluding carboxylic acids is 1. The summed E-state index contributed by atoms with van der Waals surface area (Å²) in [6.45, 7) is 10.0. The number of fused-ring (bicyclic) bond motifs is 1. The van der Waals surface area contributed by atoms with Crippen LogP contribution in [0.15, 0.2) is 42.7 Å². The predicted octanol–water partition coefficient (Wildman–Crippen LogP) is 3.69. The molecule has 1 aromatic carbocycles. The summed E-state index contributed by atoms with van der Waals surface area (Å²) in [5.41, 5.74) is 2.82. The topological polar surface area (TPSA) is 70.5 Å². The molecule has 0 N–H and O–H groups in total. The summed E-state index contributed by atoms with van der Waals surface area (Å²) < 4.78 is 17.2. The molecule has 0 saturated carbocycles. The zero-order valence-electron chi connectivity index (χ0n) is 18.1. The lowest BCUT2D eigenvalue weighted by Gasteiger charge is -2.32. The molecule has 0 unspecified atom stereocenters. The van der Waals surface area contributed by atoms with Crippen LogP contribution in [-0.2, 0) is 14.0 Å². The van der Waals surface area contributed by atoms with Crippen molar-refractivity contribution in [1.82, 2.24) is 9.97 Å². The van der Waals surface area contributed by atoms with Crippen molar-refractivity contribution in [2.75, 3.05) is 7.11 Å². The SMILES string of the molecule is COC(=O)c1ncc(-c2cc3cccc(B4OC(C)(C)C(C)(C)O4)c3cn2)cc1C. The van der Waals surface area contributed by atoms with Gasteiger partial charge in [0.05, 0.1) is 24.0 Å². The Morgan fingerprint density at radius 2 is 1.73 bits per heavy atom. The number of nitrogens with zero attached hydrogens (tertiary/aromatic N) is 2. The average Bonchev–Trinajstić information content (AvgIpc) is 2.93. The van der Waals surface area contributed by atoms with Crippen molar-refractivity contribution in [1.29, 1.82) is 0 Å². The van der Waals surface area contributed by atoms with Crippen LogP contribution in [0.1, 0.15) is 43.7 Å². The standard InChI is InChI=1S/C23H25BN2O4/c1-14-10-16(12-26-20(14)21(27)28-6)19-11-15-8-7-9-18(17(15)13-25-19)24-29-22(2,3)23(4,5)30-24/h7-13H,1-6H3. The molecule has 7 heteroatoms. The summed E-state index contributed by atoms with van der Waals surface area (Å²) in [5, 5.41) is 2.01. The third-order valence-electron chi connectivity index (χ3n) is 6.06. The summed E-state index contributed by atoms with van der Waals surface area (Å²) >= 11 is 0. The Morgan fingerprint density at radius 1 is 1.03 bits per heavy atom. The van der Waals surface area contributed by atoms with Crippen molar-refractivity contribution < 1.29 is 18.8 Å². The fourth-order valence-electron chi connectivity index (χ4n) is 3.55. The Balaban J connectivity index is 1.72. The summed E-state index contributed by atoms with van der Waals surface area (Å²) in [6.07, 6.45) is 3.49. The van der Waals surface area contributed by atoms with Gasteiger partial charge in [0.25, 0.3) is 0 Å². The lowest BCUT2D eigenvalue weighted by atomic mass is 9.76. The third kappa shape index (κ3) is 3.38. The molecule has 3 aromatic rings. The van der Waals surface area contributed by atoms with Gasteiger partial charge in [-0.1, -0.05) is 18.2 Å². The highest BCUT2D eigenvalue weighted by molar-refractivity contribution is 6.65. The van der Waals surface area contributed by atoms with Crippen LogP contribution in [0.2, 0.25) is 0 Å². The first kappa shape index (κ1) is 20.5. The molecule has 3 heterocycles. The van der Waals surface area contributed by atoms with E-state index in [1.807, 2.05) is 71.1 Å². The highest BCUT2D eigenvalue weighted by Crippen LogP contribution is 2.37. The Bertz CT molecular complexity index is 1130. The summed E-state index contributed by atoms with van der Waals surface area (Å²) in [6, 6.07) is 9.96. The fraction of sp³-hybridized carbons (Fsp3) is 0.348. The van der Waals surface area contributed by atoms with Crippen molar-refractivity contribution in [3.8, 4) is 11.3 Å². The minimum atomic E-state index is -0.449. The van der Waals surface area contributed by atoms with E-state index in [0.717, 1.165) is 33.1 Å². The Labute approximate surface area is 176 Å². The molecule has 1 fully saturated rings. The number of hydrogen-bond acceptors (Lipinski definition) is 6. The van der Waals surface area contributed by atoms with Crippen LogP contribution in [0, 0.1) is 6.92 Å². The van der Waals surface area contributed by atoms with Crippen LogP contribution in [0.3, 0.4) is 0 Å². The minimum Gasteiger partial charge on any atom is -0.464 e. The lowest BCUT2D eigenvalue weighted by Crippen LogP contribution is -2.41. The molecule has 0 radical (unpaired) electrons. The second kappa shape index (κ2) is 7.18. The molecule has 0 bridgehead atoms. The van der Waals surface area contributed by atoms with Gasteiger partial charge in [0.2, 0.25) is 0 Å². The molecule has 1 aliphatic heterocycles. The lowest BCUT2D eigenvalue weighted by molar-refractivity contribution is 0.00578. The van der Waals surface area contributed by atoms with Crippen LogP contribution in [0.5, 0.6) is 0 Å². The van der Waals surface area contributed by atoms with Crippen molar-refractivity contribution in [3.63, 3.8) is 0 Å². The molecule has 0 spiro atoms. The van der Waals surface area contributed by atoms with E-state index >= 15 is 0 Å². The van der Waals surface area contributed by atoms with E-state index < -0.39 is 24.3 Å². The Kier molecular flexibility index (Phi) is 4.91. The maximum absolute atomic E-state index is 11.8. The number of esters is 1. The first-order valence-corrected chi connectivity index (χ1v) is 9.92. The average molecular weight is 404 g/mol. The molecular weight excluding hydrogens is 379 g/mol. The van der Waals surface area contributed by atoms with E-state index in [-0.39, 0.29) is 0 Å². The van der Waals surface area contributed by atoms with E-state index in [9.17, 15) is 4.79 Å². The van der Waals surface area contributed by atoms with Gasteiger partial charge in [-0.15, -0.1) is 0 Å². The number of aromatic nitrogens is 2. The van der Waals surface area contributed by atoms with Gasteiger partial charge in [-0.3, -0.25) is 4.98 Å². The number of carbonyl (C=O) groups is 1. The van der Waals surface area contributed by atoms with E-state index in [1.54, 1.807) is 6.20 Å². The second-order valence-electron chi connectivity index (χ2n) is 8.61. The van der Waals surface area contributed by atoms with Crippen molar-refractivity contribution in [3.05, 3.63) is 54.0 Å². The van der Waals surface area contributed by atoms with Gasteiger partial charge in [0.15, 0.2) is 5.69 Å². The van der Waals surface area contributed by atoms with Crippen molar-refractivity contribution in [2.24, 2.45) is 0 Å². The summed E-state index contributed by atoms with van der Waals surface area (Å²) in [4.78, 5) is 20.7. The third-order valence-corrected chi connectivity index (χ3v) is 6.06. The minimum absolute atomic E-state index is 0.310. The monoisotopic (exact) mass is 404 g/mol. The number of methoxy groups -OCH3 is 1. The Hall–Kier alpha value is -2.77. The largest absolute Gasteiger partial charge is 0.495 e. The summed E-state index contributed by atoms with van der Waals surface area (Å²) in [7, 11) is 0.898. The maximum Gasteiger partial charge on any atom is 0.495 e. The van der Waals surface area contributed by atoms with Gasteiger partial charge in [0.1, 0.15) is 0 Å². The van der Waals surface area contributed by atoms with E-state index in [2.05, 4.69) is 9.97 Å². The number of hydrogen-bond donors (Lipinski definition) is 0. The van der Waals surface area contributed by atoms with Crippen LogP contribution < -0.4 is 5.46 Å². The molecule has 4 rings (SSSR count). The molecule has 1 saturated heterocycles. The molecule has 154 valence electrons. The normalized spacial score (nSPS) is 17.3. The van der Waals surface area contributed by atoms with Crippen molar-refractivity contribution in [2.45, 2.75) is 45.8 Å². The van der Waals surface area contributed by atoms with Gasteiger partial charge in [-0.25, -0.2) is 9.78 Å². The first-order chi connectivity index (χ1) is 14.1. The fourth-order valence-corrected chi connectivity index (χ4v) is 3.55. The molecule has 1 aliphatic rings. The quantitative estimate of drug-likeness (QED) is 0.490. The zero-order valence-corrected chi connectivity index (χ0v) is 18.1. The van der Waals surface area contributed by atoms with Crippen molar-refractivity contribution >= 4 is 29.3 Å². The molecule has 0 atom stereocenters. The molecule has 2 aromatic heterocycles. The number of ether oxygens (including phenoxy) is 1. The number of aryl methyl sites for hydroxylation is 1.